The highest BCUT2D eigenvalue weighted by Gasteiger charge is 1.87. The Kier molecular flexibility index (Phi) is 5.12. The quantitative estimate of drug-likeness (QED) is 0.476. The zero-order valence-corrected chi connectivity index (χ0v) is 7.55. The molecule has 0 aromatic rings. The molecule has 0 aromatic carbocycles. The van der Waals surface area contributed by atoms with Crippen LogP contribution in [0.1, 0.15) is 38.5 Å². The van der Waals surface area contributed by atoms with Gasteiger partial charge in [0.05, 0.1) is 0 Å². The number of allylic oxidation sites excluding steroid dienone is 4. The first-order valence-electron chi connectivity index (χ1n) is 4.80. The van der Waals surface area contributed by atoms with E-state index in [2.05, 4.69) is 24.0 Å². The van der Waals surface area contributed by atoms with E-state index in [1.165, 1.54) is 32.1 Å². The first-order chi connectivity index (χ1) is 6.00. The maximum Gasteiger partial charge on any atom is 0.00922 e. The highest BCUT2D eigenvalue weighted by Crippen LogP contribution is 2.05. The summed E-state index contributed by atoms with van der Waals surface area (Å²) in [6.45, 7) is 0. The zero-order chi connectivity index (χ0) is 8.49. The van der Waals surface area contributed by atoms with Crippen LogP contribution in [0.2, 0.25) is 0 Å². The van der Waals surface area contributed by atoms with Gasteiger partial charge in [-0.2, -0.15) is 0 Å². The molecule has 64 valence electrons. The molecule has 1 aliphatic rings. The fourth-order valence-corrected chi connectivity index (χ4v) is 1.24. The first-order valence-corrected chi connectivity index (χ1v) is 4.80. The van der Waals surface area contributed by atoms with E-state index >= 15 is 0 Å². The highest BCUT2D eigenvalue weighted by molar-refractivity contribution is 5.19. The molecular formula is C12H16. The molecule has 12 heavy (non-hydrogen) atoms. The molecule has 0 aliphatic heterocycles. The Balaban J connectivity index is 2.36. The molecule has 1 aliphatic carbocycles. The zero-order valence-electron chi connectivity index (χ0n) is 7.55. The van der Waals surface area contributed by atoms with E-state index in [0.717, 1.165) is 6.42 Å². The van der Waals surface area contributed by atoms with Crippen LogP contribution in [0.5, 0.6) is 0 Å². The van der Waals surface area contributed by atoms with Crippen LogP contribution < -0.4 is 0 Å². The lowest BCUT2D eigenvalue weighted by Gasteiger charge is -1.95. The van der Waals surface area contributed by atoms with Crippen LogP contribution in [-0.4, -0.2) is 0 Å². The molecule has 1 rings (SSSR count). The predicted octanol–water partition coefficient (Wildman–Crippen LogP) is 3.46. The number of hydrogen-bond donors (Lipinski definition) is 0. The number of rotatable bonds is 0. The Labute approximate surface area is 75.4 Å². The Hall–Kier alpha value is -0.960. The molecule has 0 saturated carbocycles. The molecule has 0 saturated heterocycles. The molecule has 0 fully saturated rings. The topological polar surface area (TPSA) is 0 Å². The van der Waals surface area contributed by atoms with Crippen molar-refractivity contribution in [2.75, 3.05) is 0 Å². The lowest BCUT2D eigenvalue weighted by atomic mass is 10.1. The third-order valence-electron chi connectivity index (χ3n) is 1.95. The average molecular weight is 160 g/mol. The number of hydrogen-bond acceptors (Lipinski definition) is 0. The first kappa shape index (κ1) is 9.13. The maximum absolute atomic E-state index is 3.13. The molecule has 0 bridgehead atoms. The van der Waals surface area contributed by atoms with Crippen molar-refractivity contribution in [2.24, 2.45) is 0 Å². The summed E-state index contributed by atoms with van der Waals surface area (Å²) in [5, 5.41) is 0. The van der Waals surface area contributed by atoms with Crippen LogP contribution >= 0.6 is 0 Å². The largest absolute Gasteiger partial charge is 0.0985 e. The van der Waals surface area contributed by atoms with Gasteiger partial charge in [0, 0.05) is 6.42 Å². The predicted molar refractivity (Wildman–Crippen MR) is 53.8 cm³/mol. The van der Waals surface area contributed by atoms with Crippen LogP contribution in [0, 0.1) is 11.8 Å². The minimum absolute atomic E-state index is 1.06. The van der Waals surface area contributed by atoms with E-state index in [4.69, 9.17) is 0 Å². The second-order valence-electron chi connectivity index (χ2n) is 3.06. The van der Waals surface area contributed by atoms with Crippen molar-refractivity contribution < 1.29 is 0 Å². The van der Waals surface area contributed by atoms with E-state index in [0.29, 0.717) is 0 Å². The Morgan fingerprint density at radius 2 is 1.83 bits per heavy atom. The van der Waals surface area contributed by atoms with Crippen LogP contribution in [0.4, 0.5) is 0 Å². The third-order valence-corrected chi connectivity index (χ3v) is 1.95. The molecule has 0 unspecified atom stereocenters. The maximum atomic E-state index is 3.13. The molecule has 0 spiro atoms. The van der Waals surface area contributed by atoms with Gasteiger partial charge in [0.25, 0.3) is 0 Å². The Morgan fingerprint density at radius 1 is 0.917 bits per heavy atom. The van der Waals surface area contributed by atoms with Gasteiger partial charge < -0.3 is 0 Å². The molecule has 0 atom stereocenters. The molecule has 0 radical (unpaired) electrons. The highest BCUT2D eigenvalue weighted by atomic mass is 13.9. The second kappa shape index (κ2) is 6.73. The van der Waals surface area contributed by atoms with Gasteiger partial charge in [0.2, 0.25) is 0 Å². The molecule has 0 N–H and O–H groups in total. The van der Waals surface area contributed by atoms with E-state index < -0.39 is 0 Å². The molecule has 0 nitrogen and oxygen atoms in total. The third kappa shape index (κ3) is 4.79. The van der Waals surface area contributed by atoms with Crippen molar-refractivity contribution in [3.63, 3.8) is 0 Å². The van der Waals surface area contributed by atoms with Gasteiger partial charge in [-0.3, -0.25) is 0 Å². The summed E-state index contributed by atoms with van der Waals surface area (Å²) < 4.78 is 0. The molecule has 0 aromatic heterocycles. The van der Waals surface area contributed by atoms with Gasteiger partial charge in [-0.05, 0) is 25.3 Å². The van der Waals surface area contributed by atoms with Gasteiger partial charge >= 0.3 is 0 Å². The summed E-state index contributed by atoms with van der Waals surface area (Å²) in [4.78, 5) is 0. The van der Waals surface area contributed by atoms with E-state index in [9.17, 15) is 0 Å². The summed E-state index contributed by atoms with van der Waals surface area (Å²) >= 11 is 0. The smallest absolute Gasteiger partial charge is 0.00922 e. The standard InChI is InChI=1S/C12H16/c1-2-4-6-8-10-12-11-9-7-5-3-1/h1-4H,5,7,9-12H2/b3-1+,4-2-. The normalized spacial score (nSPS) is 24.0. The summed E-state index contributed by atoms with van der Waals surface area (Å²) in [6, 6.07) is 0. The minimum atomic E-state index is 1.06. The lowest BCUT2D eigenvalue weighted by molar-refractivity contribution is 0.656. The van der Waals surface area contributed by atoms with Crippen LogP contribution in [0.15, 0.2) is 24.3 Å². The Bertz CT molecular complexity index is 210. The van der Waals surface area contributed by atoms with Gasteiger partial charge in [-0.15, -0.1) is 0 Å². The van der Waals surface area contributed by atoms with Gasteiger partial charge in [0.15, 0.2) is 0 Å². The fourth-order valence-electron chi connectivity index (χ4n) is 1.24. The van der Waals surface area contributed by atoms with Gasteiger partial charge in [0.1, 0.15) is 0 Å². The average Bonchev–Trinajstić information content (AvgIpc) is 2.05. The van der Waals surface area contributed by atoms with Crippen molar-refractivity contribution in [1.82, 2.24) is 0 Å². The van der Waals surface area contributed by atoms with Crippen molar-refractivity contribution in [2.45, 2.75) is 38.5 Å². The van der Waals surface area contributed by atoms with Crippen LogP contribution in [0.25, 0.3) is 0 Å². The summed E-state index contributed by atoms with van der Waals surface area (Å²) in [7, 11) is 0. The van der Waals surface area contributed by atoms with Crippen molar-refractivity contribution >= 4 is 0 Å². The lowest BCUT2D eigenvalue weighted by Crippen LogP contribution is -1.77. The SMILES string of the molecule is C1#CCCCCCC/C=C/C=C\1. The fraction of sp³-hybridized carbons (Fsp3) is 0.500. The molecular weight excluding hydrogens is 144 g/mol. The summed E-state index contributed by atoms with van der Waals surface area (Å²) in [5.74, 6) is 6.15. The second-order valence-corrected chi connectivity index (χ2v) is 3.06. The van der Waals surface area contributed by atoms with Crippen LogP contribution in [-0.2, 0) is 0 Å². The van der Waals surface area contributed by atoms with Gasteiger partial charge in [-0.25, -0.2) is 0 Å². The summed E-state index contributed by atoms with van der Waals surface area (Å²) in [6.07, 6.45) is 15.8. The van der Waals surface area contributed by atoms with Crippen molar-refractivity contribution in [3.8, 4) is 11.8 Å². The monoisotopic (exact) mass is 160 g/mol. The minimum Gasteiger partial charge on any atom is -0.0985 e. The van der Waals surface area contributed by atoms with E-state index in [1.807, 2.05) is 12.2 Å². The molecule has 0 heteroatoms. The van der Waals surface area contributed by atoms with Gasteiger partial charge in [-0.1, -0.05) is 42.9 Å². The van der Waals surface area contributed by atoms with Crippen molar-refractivity contribution in [1.29, 1.82) is 0 Å². The van der Waals surface area contributed by atoms with Crippen LogP contribution in [0.3, 0.4) is 0 Å². The Morgan fingerprint density at radius 3 is 2.83 bits per heavy atom. The van der Waals surface area contributed by atoms with E-state index in [1.54, 1.807) is 0 Å². The van der Waals surface area contributed by atoms with E-state index in [-0.39, 0.29) is 0 Å². The van der Waals surface area contributed by atoms with Crippen molar-refractivity contribution in [3.05, 3.63) is 24.3 Å². The molecule has 0 heterocycles. The summed E-state index contributed by atoms with van der Waals surface area (Å²) in [5.41, 5.74) is 0. The molecule has 0 amide bonds.